The van der Waals surface area contributed by atoms with Gasteiger partial charge < -0.3 is 9.15 Å². The lowest BCUT2D eigenvalue weighted by molar-refractivity contribution is 0.0541. The van der Waals surface area contributed by atoms with Gasteiger partial charge in [0.15, 0.2) is 0 Å². The highest BCUT2D eigenvalue weighted by Crippen LogP contribution is 2.43. The first-order chi connectivity index (χ1) is 14.2. The number of nitrogens with zero attached hydrogens (tertiary/aromatic N) is 2. The first-order valence-electron chi connectivity index (χ1n) is 9.88. The van der Waals surface area contributed by atoms with Gasteiger partial charge in [0, 0.05) is 18.2 Å². The van der Waals surface area contributed by atoms with Gasteiger partial charge in [-0.05, 0) is 40.8 Å². The highest BCUT2D eigenvalue weighted by atomic mass is 35.5. The molecule has 0 aliphatic carbocycles. The molecular formula is C24H21ClN2O2. The van der Waals surface area contributed by atoms with E-state index in [0.29, 0.717) is 31.4 Å². The molecule has 1 saturated heterocycles. The summed E-state index contributed by atoms with van der Waals surface area (Å²) < 4.78 is 11.8. The van der Waals surface area contributed by atoms with E-state index >= 15 is 0 Å². The van der Waals surface area contributed by atoms with Crippen molar-refractivity contribution in [2.24, 2.45) is 0 Å². The molecular weight excluding hydrogens is 384 g/mol. The summed E-state index contributed by atoms with van der Waals surface area (Å²) >= 11 is 6.56. The normalized spacial score (nSPS) is 16.2. The Labute approximate surface area is 174 Å². The average molecular weight is 405 g/mol. The predicted octanol–water partition coefficient (Wildman–Crippen LogP) is 5.56. The largest absolute Gasteiger partial charge is 0.424 e. The van der Waals surface area contributed by atoms with E-state index in [0.717, 1.165) is 29.0 Å². The van der Waals surface area contributed by atoms with Crippen molar-refractivity contribution in [3.05, 3.63) is 94.7 Å². The van der Waals surface area contributed by atoms with Crippen LogP contribution >= 0.6 is 11.6 Å². The monoisotopic (exact) mass is 404 g/mol. The van der Waals surface area contributed by atoms with Gasteiger partial charge in [0.25, 0.3) is 0 Å². The highest BCUT2D eigenvalue weighted by Gasteiger charge is 2.42. The van der Waals surface area contributed by atoms with E-state index in [4.69, 9.17) is 20.8 Å². The van der Waals surface area contributed by atoms with Crippen LogP contribution in [0.3, 0.4) is 0 Å². The minimum absolute atomic E-state index is 0.398. The van der Waals surface area contributed by atoms with Crippen LogP contribution in [0, 0.1) is 0 Å². The Bertz CT molecular complexity index is 1150. The lowest BCUT2D eigenvalue weighted by Crippen LogP contribution is -2.35. The van der Waals surface area contributed by atoms with E-state index in [1.807, 2.05) is 24.3 Å². The van der Waals surface area contributed by atoms with Gasteiger partial charge in [-0.25, -0.2) is 0 Å². The fourth-order valence-electron chi connectivity index (χ4n) is 4.21. The summed E-state index contributed by atoms with van der Waals surface area (Å²) in [5.41, 5.74) is 1.79. The second-order valence-corrected chi connectivity index (χ2v) is 7.94. The molecule has 0 bridgehead atoms. The molecule has 0 N–H and O–H groups in total. The minimum atomic E-state index is -0.398. The molecule has 3 aromatic carbocycles. The molecule has 4 nitrogen and oxygen atoms in total. The second-order valence-electron chi connectivity index (χ2n) is 7.53. The van der Waals surface area contributed by atoms with Gasteiger partial charge in [-0.1, -0.05) is 72.3 Å². The van der Waals surface area contributed by atoms with Crippen LogP contribution in [0.2, 0.25) is 5.02 Å². The topological polar surface area (TPSA) is 48.2 Å². The van der Waals surface area contributed by atoms with Gasteiger partial charge in [-0.3, -0.25) is 0 Å². The zero-order valence-corrected chi connectivity index (χ0v) is 16.7. The summed E-state index contributed by atoms with van der Waals surface area (Å²) in [7, 11) is 0. The Morgan fingerprint density at radius 3 is 2.45 bits per heavy atom. The Kier molecular flexibility index (Phi) is 4.82. The number of hydrogen-bond donors (Lipinski definition) is 0. The molecule has 0 amide bonds. The molecule has 1 aliphatic heterocycles. The van der Waals surface area contributed by atoms with E-state index in [-0.39, 0.29) is 0 Å². The lowest BCUT2D eigenvalue weighted by Gasteiger charge is -2.35. The molecule has 29 heavy (non-hydrogen) atoms. The number of hydrogen-bond acceptors (Lipinski definition) is 4. The van der Waals surface area contributed by atoms with E-state index in [1.165, 1.54) is 10.8 Å². The second kappa shape index (κ2) is 7.62. The van der Waals surface area contributed by atoms with E-state index in [1.54, 1.807) is 0 Å². The minimum Gasteiger partial charge on any atom is -0.424 e. The lowest BCUT2D eigenvalue weighted by atomic mass is 9.74. The molecule has 1 aliphatic rings. The first kappa shape index (κ1) is 18.3. The van der Waals surface area contributed by atoms with Crippen molar-refractivity contribution >= 4 is 22.4 Å². The quantitative estimate of drug-likeness (QED) is 0.446. The number of benzene rings is 3. The zero-order valence-electron chi connectivity index (χ0n) is 16.0. The molecule has 0 atom stereocenters. The summed E-state index contributed by atoms with van der Waals surface area (Å²) in [4.78, 5) is 0. The number of aromatic nitrogens is 2. The maximum Gasteiger partial charge on any atom is 0.227 e. The van der Waals surface area contributed by atoms with Crippen LogP contribution in [0.15, 0.2) is 71.1 Å². The Hall–Kier alpha value is -2.69. The predicted molar refractivity (Wildman–Crippen MR) is 113 cm³/mol. The third kappa shape index (κ3) is 3.43. The molecule has 2 heterocycles. The molecule has 1 fully saturated rings. The molecule has 0 saturated carbocycles. The molecule has 5 rings (SSSR count). The van der Waals surface area contributed by atoms with Crippen LogP contribution in [0.25, 0.3) is 10.8 Å². The van der Waals surface area contributed by atoms with Crippen molar-refractivity contribution in [3.8, 4) is 0 Å². The van der Waals surface area contributed by atoms with Crippen LogP contribution in [-0.4, -0.2) is 23.4 Å². The van der Waals surface area contributed by atoms with Gasteiger partial charge >= 0.3 is 0 Å². The number of ether oxygens (including phenoxy) is 1. The standard InChI is InChI=1S/C24H21ClN2O2/c25-21-8-4-3-7-20(21)24(11-13-28-14-12-24)23-27-26-22(29-23)16-17-9-10-18-5-1-2-6-19(18)15-17/h1-10,15H,11-14,16H2. The maximum absolute atomic E-state index is 6.56. The number of halogens is 1. The molecule has 146 valence electrons. The van der Waals surface area contributed by atoms with E-state index in [9.17, 15) is 0 Å². The molecule has 4 aromatic rings. The fraction of sp³-hybridized carbons (Fsp3) is 0.250. The summed E-state index contributed by atoms with van der Waals surface area (Å²) in [5, 5.41) is 12.0. The van der Waals surface area contributed by atoms with Crippen LogP contribution in [0.4, 0.5) is 0 Å². The molecule has 5 heteroatoms. The van der Waals surface area contributed by atoms with Gasteiger partial charge in [0.05, 0.1) is 11.8 Å². The summed E-state index contributed by atoms with van der Waals surface area (Å²) in [5.74, 6) is 1.25. The third-order valence-electron chi connectivity index (χ3n) is 5.78. The Morgan fingerprint density at radius 1 is 0.862 bits per heavy atom. The Balaban J connectivity index is 1.49. The Morgan fingerprint density at radius 2 is 1.62 bits per heavy atom. The van der Waals surface area contributed by atoms with Gasteiger partial charge in [-0.15, -0.1) is 10.2 Å². The van der Waals surface area contributed by atoms with Crippen molar-refractivity contribution in [1.29, 1.82) is 0 Å². The van der Waals surface area contributed by atoms with E-state index in [2.05, 4.69) is 52.7 Å². The number of fused-ring (bicyclic) bond motifs is 1. The SMILES string of the molecule is Clc1ccccc1C1(c2nnc(Cc3ccc4ccccc4c3)o2)CCOCC1. The van der Waals surface area contributed by atoms with Crippen LogP contribution < -0.4 is 0 Å². The smallest absolute Gasteiger partial charge is 0.227 e. The molecule has 1 aromatic heterocycles. The van der Waals surface area contributed by atoms with Crippen molar-refractivity contribution in [2.75, 3.05) is 13.2 Å². The summed E-state index contributed by atoms with van der Waals surface area (Å²) in [6.07, 6.45) is 2.15. The van der Waals surface area contributed by atoms with Crippen molar-refractivity contribution < 1.29 is 9.15 Å². The molecule has 0 unspecified atom stereocenters. The van der Waals surface area contributed by atoms with Crippen LogP contribution in [0.1, 0.15) is 35.7 Å². The van der Waals surface area contributed by atoms with Crippen molar-refractivity contribution in [1.82, 2.24) is 10.2 Å². The average Bonchev–Trinajstić information content (AvgIpc) is 3.23. The third-order valence-corrected chi connectivity index (χ3v) is 6.11. The highest BCUT2D eigenvalue weighted by molar-refractivity contribution is 6.31. The maximum atomic E-state index is 6.56. The van der Waals surface area contributed by atoms with Gasteiger partial charge in [0.2, 0.25) is 11.8 Å². The molecule has 0 spiro atoms. The zero-order chi connectivity index (χ0) is 19.7. The van der Waals surface area contributed by atoms with Crippen molar-refractivity contribution in [2.45, 2.75) is 24.7 Å². The van der Waals surface area contributed by atoms with Crippen molar-refractivity contribution in [3.63, 3.8) is 0 Å². The summed E-state index contributed by atoms with van der Waals surface area (Å²) in [6.45, 7) is 1.29. The first-order valence-corrected chi connectivity index (χ1v) is 10.3. The molecule has 0 radical (unpaired) electrons. The summed E-state index contributed by atoms with van der Waals surface area (Å²) in [6, 6.07) is 22.7. The van der Waals surface area contributed by atoms with Gasteiger partial charge in [-0.2, -0.15) is 0 Å². The van der Waals surface area contributed by atoms with Crippen LogP contribution in [0.5, 0.6) is 0 Å². The van der Waals surface area contributed by atoms with E-state index < -0.39 is 5.41 Å². The number of rotatable bonds is 4. The van der Waals surface area contributed by atoms with Crippen LogP contribution in [-0.2, 0) is 16.6 Å². The van der Waals surface area contributed by atoms with Gasteiger partial charge in [0.1, 0.15) is 0 Å². The fourth-order valence-corrected chi connectivity index (χ4v) is 4.53.